The largest absolute Gasteiger partial charge is 0.455 e. The average molecular weight is 807 g/mol. The average Bonchev–Trinajstić information content (AvgIpc) is 4.04. The summed E-state index contributed by atoms with van der Waals surface area (Å²) in [6.07, 6.45) is 0. The molecule has 0 radical (unpaired) electrons. The van der Waals surface area contributed by atoms with Gasteiger partial charge in [-0.2, -0.15) is 0 Å². The van der Waals surface area contributed by atoms with E-state index in [4.69, 9.17) is 23.8 Å². The molecular formula is C57H34N4O2. The van der Waals surface area contributed by atoms with Gasteiger partial charge in [-0.15, -0.1) is 0 Å². The number of aromatic nitrogens is 4. The summed E-state index contributed by atoms with van der Waals surface area (Å²) in [7, 11) is 0. The second kappa shape index (κ2) is 14.0. The van der Waals surface area contributed by atoms with Crippen LogP contribution in [0.15, 0.2) is 215 Å². The van der Waals surface area contributed by atoms with E-state index in [1.165, 1.54) is 10.8 Å². The minimum atomic E-state index is 0.492. The fourth-order valence-corrected chi connectivity index (χ4v) is 9.40. The predicted molar refractivity (Wildman–Crippen MR) is 256 cm³/mol. The summed E-state index contributed by atoms with van der Waals surface area (Å²) in [5.41, 5.74) is 13.1. The molecule has 6 heteroatoms. The van der Waals surface area contributed by atoms with Gasteiger partial charge in [-0.3, -0.25) is 0 Å². The van der Waals surface area contributed by atoms with Crippen LogP contribution in [0.4, 0.5) is 0 Å². The first kappa shape index (κ1) is 35.2. The van der Waals surface area contributed by atoms with E-state index in [1.54, 1.807) is 0 Å². The number of fused-ring (bicyclic) bond motifs is 9. The van der Waals surface area contributed by atoms with Crippen molar-refractivity contribution in [2.45, 2.75) is 0 Å². The van der Waals surface area contributed by atoms with Gasteiger partial charge in [-0.05, 0) is 70.8 Å². The first-order valence-electron chi connectivity index (χ1n) is 21.1. The van der Waals surface area contributed by atoms with E-state index >= 15 is 0 Å². The van der Waals surface area contributed by atoms with Gasteiger partial charge in [0, 0.05) is 43.6 Å². The highest BCUT2D eigenvalue weighted by Crippen LogP contribution is 2.44. The number of benzene rings is 9. The zero-order chi connectivity index (χ0) is 41.4. The van der Waals surface area contributed by atoms with Crippen LogP contribution in [0.5, 0.6) is 0 Å². The molecule has 0 unspecified atom stereocenters. The first-order chi connectivity index (χ1) is 31.2. The molecule has 13 rings (SSSR count). The summed E-state index contributed by atoms with van der Waals surface area (Å²) in [5, 5.41) is 6.38. The summed E-state index contributed by atoms with van der Waals surface area (Å²) in [6.45, 7) is 0. The molecule has 0 saturated carbocycles. The number of hydrogen-bond donors (Lipinski definition) is 0. The van der Waals surface area contributed by atoms with Gasteiger partial charge in [0.05, 0.1) is 22.2 Å². The topological polar surface area (TPSA) is 69.9 Å². The molecule has 0 aliphatic rings. The van der Waals surface area contributed by atoms with Crippen molar-refractivity contribution in [2.75, 3.05) is 0 Å². The van der Waals surface area contributed by atoms with Crippen molar-refractivity contribution in [3.63, 3.8) is 0 Å². The standard InChI is InChI=1S/C57H34N4O2/c1-3-16-35(17-4-1)37-20-13-21-38(32-37)40-25-15-31-51-52(40)46-33-39(61-48-28-10-7-22-41(48)42-23-8-11-29-49(42)61)34-47(54(46)63-51)57-59-55(36-18-5-2-6-19-36)58-56(60-57)45-27-14-26-44-43-24-9-12-30-50(43)62-53(44)45/h1-34H. The molecule has 9 aromatic carbocycles. The first-order valence-corrected chi connectivity index (χ1v) is 21.1. The monoisotopic (exact) mass is 806 g/mol. The van der Waals surface area contributed by atoms with E-state index < -0.39 is 0 Å². The van der Waals surface area contributed by atoms with E-state index in [0.29, 0.717) is 23.1 Å². The van der Waals surface area contributed by atoms with Crippen molar-refractivity contribution in [2.24, 2.45) is 0 Å². The van der Waals surface area contributed by atoms with Gasteiger partial charge in [0.2, 0.25) is 0 Å². The molecule has 4 aromatic heterocycles. The Morgan fingerprint density at radius 3 is 1.62 bits per heavy atom. The quantitative estimate of drug-likeness (QED) is 0.167. The smallest absolute Gasteiger partial charge is 0.167 e. The molecule has 294 valence electrons. The van der Waals surface area contributed by atoms with Gasteiger partial charge in [0.1, 0.15) is 22.3 Å². The van der Waals surface area contributed by atoms with E-state index in [2.05, 4.69) is 150 Å². The Morgan fingerprint density at radius 2 is 0.841 bits per heavy atom. The number of hydrogen-bond acceptors (Lipinski definition) is 5. The minimum Gasteiger partial charge on any atom is -0.455 e. The van der Waals surface area contributed by atoms with E-state index in [1.807, 2.05) is 60.7 Å². The SMILES string of the molecule is c1ccc(-c2cccc(-c3cccc4oc5c(-c6nc(-c7ccccc7)nc(-c7cccc8c7oc7ccccc78)n6)cc(-n6c7ccccc7c7ccccc76)cc5c34)c2)cc1. The Kier molecular flexibility index (Phi) is 7.80. The molecule has 0 spiro atoms. The van der Waals surface area contributed by atoms with Crippen molar-refractivity contribution in [3.05, 3.63) is 206 Å². The van der Waals surface area contributed by atoms with Crippen LogP contribution < -0.4 is 0 Å². The van der Waals surface area contributed by atoms with Crippen LogP contribution in [-0.4, -0.2) is 19.5 Å². The third-order valence-corrected chi connectivity index (χ3v) is 12.3. The van der Waals surface area contributed by atoms with Crippen molar-refractivity contribution >= 4 is 65.7 Å². The summed E-state index contributed by atoms with van der Waals surface area (Å²) >= 11 is 0. The fourth-order valence-electron chi connectivity index (χ4n) is 9.40. The van der Waals surface area contributed by atoms with Gasteiger partial charge in [0.25, 0.3) is 0 Å². The molecule has 0 bridgehead atoms. The molecule has 0 saturated heterocycles. The van der Waals surface area contributed by atoms with E-state index in [-0.39, 0.29) is 0 Å². The molecular weight excluding hydrogens is 773 g/mol. The maximum Gasteiger partial charge on any atom is 0.167 e. The lowest BCUT2D eigenvalue weighted by Gasteiger charge is -2.13. The molecule has 63 heavy (non-hydrogen) atoms. The predicted octanol–water partition coefficient (Wildman–Crippen LogP) is 15.1. The lowest BCUT2D eigenvalue weighted by Crippen LogP contribution is -2.02. The van der Waals surface area contributed by atoms with Crippen molar-refractivity contribution in [1.29, 1.82) is 0 Å². The Labute approximate surface area is 361 Å². The van der Waals surface area contributed by atoms with Crippen molar-refractivity contribution in [1.82, 2.24) is 19.5 Å². The van der Waals surface area contributed by atoms with Crippen LogP contribution in [0.2, 0.25) is 0 Å². The van der Waals surface area contributed by atoms with Crippen LogP contribution >= 0.6 is 0 Å². The van der Waals surface area contributed by atoms with Gasteiger partial charge in [-0.1, -0.05) is 158 Å². The fraction of sp³-hybridized carbons (Fsp3) is 0. The minimum absolute atomic E-state index is 0.492. The normalized spacial score (nSPS) is 11.8. The van der Waals surface area contributed by atoms with Crippen LogP contribution in [0.25, 0.3) is 128 Å². The summed E-state index contributed by atoms with van der Waals surface area (Å²) in [5.74, 6) is 1.55. The highest BCUT2D eigenvalue weighted by Gasteiger charge is 2.24. The summed E-state index contributed by atoms with van der Waals surface area (Å²) in [6, 6.07) is 71.6. The summed E-state index contributed by atoms with van der Waals surface area (Å²) < 4.78 is 15.9. The summed E-state index contributed by atoms with van der Waals surface area (Å²) in [4.78, 5) is 15.8. The molecule has 6 nitrogen and oxygen atoms in total. The molecule has 0 atom stereocenters. The lowest BCUT2D eigenvalue weighted by molar-refractivity contribution is 0.669. The van der Waals surface area contributed by atoms with Gasteiger partial charge >= 0.3 is 0 Å². The highest BCUT2D eigenvalue weighted by molar-refractivity contribution is 6.17. The molecule has 0 aliphatic heterocycles. The Bertz CT molecular complexity index is 3870. The number of rotatable bonds is 6. The maximum atomic E-state index is 7.04. The zero-order valence-electron chi connectivity index (χ0n) is 33.7. The van der Waals surface area contributed by atoms with Gasteiger partial charge < -0.3 is 13.4 Å². The zero-order valence-corrected chi connectivity index (χ0v) is 33.7. The molecule has 0 N–H and O–H groups in total. The van der Waals surface area contributed by atoms with Gasteiger partial charge in [0.15, 0.2) is 17.5 Å². The third kappa shape index (κ3) is 5.62. The van der Waals surface area contributed by atoms with Crippen LogP contribution in [0.1, 0.15) is 0 Å². The van der Waals surface area contributed by atoms with Crippen LogP contribution in [0, 0.1) is 0 Å². The molecule has 0 fully saturated rings. The number of nitrogens with zero attached hydrogens (tertiary/aromatic N) is 4. The second-order valence-electron chi connectivity index (χ2n) is 15.9. The maximum absolute atomic E-state index is 7.04. The Morgan fingerprint density at radius 1 is 0.317 bits per heavy atom. The van der Waals surface area contributed by atoms with Crippen LogP contribution in [0.3, 0.4) is 0 Å². The second-order valence-corrected chi connectivity index (χ2v) is 15.9. The van der Waals surface area contributed by atoms with Crippen molar-refractivity contribution in [3.8, 4) is 62.1 Å². The number of para-hydroxylation sites is 4. The molecule has 13 aromatic rings. The Balaban J connectivity index is 1.13. The molecule has 0 aliphatic carbocycles. The highest BCUT2D eigenvalue weighted by atomic mass is 16.3. The van der Waals surface area contributed by atoms with Gasteiger partial charge in [-0.25, -0.2) is 15.0 Å². The lowest BCUT2D eigenvalue weighted by atomic mass is 9.95. The number of furan rings is 2. The van der Waals surface area contributed by atoms with Crippen molar-refractivity contribution < 1.29 is 8.83 Å². The van der Waals surface area contributed by atoms with E-state index in [9.17, 15) is 0 Å². The molecule has 0 amide bonds. The molecule has 4 heterocycles. The Hall–Kier alpha value is -8.61. The van der Waals surface area contributed by atoms with E-state index in [0.717, 1.165) is 94.0 Å². The third-order valence-electron chi connectivity index (χ3n) is 12.3. The van der Waals surface area contributed by atoms with Crippen LogP contribution in [-0.2, 0) is 0 Å².